The van der Waals surface area contributed by atoms with Crippen LogP contribution in [-0.2, 0) is 0 Å². The Bertz CT molecular complexity index is 1030. The van der Waals surface area contributed by atoms with Gasteiger partial charge >= 0.3 is 0 Å². The Morgan fingerprint density at radius 3 is 2.50 bits per heavy atom. The van der Waals surface area contributed by atoms with Crippen molar-refractivity contribution in [1.29, 1.82) is 0 Å². The predicted octanol–water partition coefficient (Wildman–Crippen LogP) is 3.36. The molecule has 2 aromatic carbocycles. The first kappa shape index (κ1) is 17.9. The summed E-state index contributed by atoms with van der Waals surface area (Å²) in [6, 6.07) is 6.79. The van der Waals surface area contributed by atoms with E-state index in [1.54, 1.807) is 0 Å². The zero-order valence-electron chi connectivity index (χ0n) is 13.7. The highest BCUT2D eigenvalue weighted by Crippen LogP contribution is 2.38. The molecular formula is C18H15BrO7. The van der Waals surface area contributed by atoms with Gasteiger partial charge in [-0.1, -0.05) is 15.9 Å². The Balaban J connectivity index is 2.28. The van der Waals surface area contributed by atoms with Gasteiger partial charge in [-0.05, 0) is 18.2 Å². The summed E-state index contributed by atoms with van der Waals surface area (Å²) in [4.78, 5) is 12.7. The molecule has 0 saturated heterocycles. The number of phenols is 3. The molecule has 0 aliphatic carbocycles. The molecule has 0 bridgehead atoms. The average molecular weight is 423 g/mol. The lowest BCUT2D eigenvalue weighted by molar-refractivity contribution is 0.342. The zero-order valence-corrected chi connectivity index (χ0v) is 15.2. The standard InChI is InChI=1S/C18H15BrO7/c1-24-18-16(23)15-13(22)7-10(25-5-4-19)8-14(15)26-17(18)9-2-3-11(20)12(21)6-9/h2-3,6-8,20-22H,4-5H2,1H3. The second kappa shape index (κ2) is 7.17. The van der Waals surface area contributed by atoms with Crippen molar-refractivity contribution in [3.63, 3.8) is 0 Å². The summed E-state index contributed by atoms with van der Waals surface area (Å²) in [6.45, 7) is 0.365. The van der Waals surface area contributed by atoms with Crippen molar-refractivity contribution in [3.05, 3.63) is 40.6 Å². The first-order valence-corrected chi connectivity index (χ1v) is 8.67. The highest BCUT2D eigenvalue weighted by molar-refractivity contribution is 9.09. The van der Waals surface area contributed by atoms with Crippen LogP contribution >= 0.6 is 15.9 Å². The molecule has 3 rings (SSSR count). The van der Waals surface area contributed by atoms with E-state index in [2.05, 4.69) is 15.9 Å². The summed E-state index contributed by atoms with van der Waals surface area (Å²) < 4.78 is 16.4. The molecule has 0 aliphatic heterocycles. The second-order valence-electron chi connectivity index (χ2n) is 5.35. The lowest BCUT2D eigenvalue weighted by atomic mass is 10.1. The molecule has 0 amide bonds. The molecular weight excluding hydrogens is 408 g/mol. The zero-order chi connectivity index (χ0) is 18.8. The molecule has 0 radical (unpaired) electrons. The second-order valence-corrected chi connectivity index (χ2v) is 6.14. The number of aromatic hydroxyl groups is 3. The van der Waals surface area contributed by atoms with Crippen LogP contribution < -0.4 is 14.9 Å². The molecule has 26 heavy (non-hydrogen) atoms. The van der Waals surface area contributed by atoms with Gasteiger partial charge in [-0.2, -0.15) is 0 Å². The van der Waals surface area contributed by atoms with Gasteiger partial charge in [0, 0.05) is 23.0 Å². The number of alkyl halides is 1. The largest absolute Gasteiger partial charge is 0.507 e. The smallest absolute Gasteiger partial charge is 0.239 e. The maximum absolute atomic E-state index is 12.7. The van der Waals surface area contributed by atoms with Crippen LogP contribution in [-0.4, -0.2) is 34.4 Å². The van der Waals surface area contributed by atoms with Crippen LogP contribution in [0, 0.1) is 0 Å². The molecule has 3 aromatic rings. The number of rotatable bonds is 5. The third-order valence-corrected chi connectivity index (χ3v) is 4.02. The van der Waals surface area contributed by atoms with Crippen molar-refractivity contribution in [2.45, 2.75) is 0 Å². The van der Waals surface area contributed by atoms with Gasteiger partial charge in [-0.3, -0.25) is 4.79 Å². The fourth-order valence-electron chi connectivity index (χ4n) is 2.54. The van der Waals surface area contributed by atoms with E-state index in [0.29, 0.717) is 23.2 Å². The Hall–Kier alpha value is -2.87. The quantitative estimate of drug-likeness (QED) is 0.427. The third-order valence-electron chi connectivity index (χ3n) is 3.69. The number of benzene rings is 2. The highest BCUT2D eigenvalue weighted by atomic mass is 79.9. The monoisotopic (exact) mass is 422 g/mol. The number of ether oxygens (including phenoxy) is 2. The summed E-state index contributed by atoms with van der Waals surface area (Å²) in [7, 11) is 1.30. The molecule has 0 aliphatic rings. The van der Waals surface area contributed by atoms with Crippen molar-refractivity contribution < 1.29 is 29.2 Å². The van der Waals surface area contributed by atoms with Crippen LogP contribution in [0.15, 0.2) is 39.5 Å². The van der Waals surface area contributed by atoms with Gasteiger partial charge in [-0.25, -0.2) is 0 Å². The fourth-order valence-corrected chi connectivity index (χ4v) is 2.70. The van der Waals surface area contributed by atoms with E-state index in [4.69, 9.17) is 13.9 Å². The van der Waals surface area contributed by atoms with Gasteiger partial charge < -0.3 is 29.2 Å². The van der Waals surface area contributed by atoms with Gasteiger partial charge in [0.15, 0.2) is 17.3 Å². The summed E-state index contributed by atoms with van der Waals surface area (Å²) in [5.74, 6) is -0.714. The minimum atomic E-state index is -0.569. The van der Waals surface area contributed by atoms with Crippen LogP contribution in [0.4, 0.5) is 0 Å². The maximum atomic E-state index is 12.7. The summed E-state index contributed by atoms with van der Waals surface area (Å²) >= 11 is 3.24. The van der Waals surface area contributed by atoms with Gasteiger partial charge in [0.05, 0.1) is 13.7 Å². The molecule has 0 atom stereocenters. The normalized spacial score (nSPS) is 10.8. The molecule has 0 unspecified atom stereocenters. The van der Waals surface area contributed by atoms with Crippen LogP contribution in [0.25, 0.3) is 22.3 Å². The number of hydrogen-bond acceptors (Lipinski definition) is 7. The molecule has 136 valence electrons. The van der Waals surface area contributed by atoms with Gasteiger partial charge in [-0.15, -0.1) is 0 Å². The first-order chi connectivity index (χ1) is 12.5. The number of phenolic OH excluding ortho intramolecular Hbond substituents is 3. The van der Waals surface area contributed by atoms with E-state index >= 15 is 0 Å². The van der Waals surface area contributed by atoms with E-state index in [9.17, 15) is 20.1 Å². The van der Waals surface area contributed by atoms with E-state index < -0.39 is 5.43 Å². The molecule has 8 heteroatoms. The van der Waals surface area contributed by atoms with Crippen molar-refractivity contribution in [1.82, 2.24) is 0 Å². The summed E-state index contributed by atoms with van der Waals surface area (Å²) in [5.41, 5.74) is -0.147. The SMILES string of the molecule is COc1c(-c2ccc(O)c(O)c2)oc2cc(OCCBr)cc(O)c2c1=O. The van der Waals surface area contributed by atoms with Crippen LogP contribution in [0.3, 0.4) is 0 Å². The van der Waals surface area contributed by atoms with Crippen LogP contribution in [0.2, 0.25) is 0 Å². The first-order valence-electron chi connectivity index (χ1n) is 7.55. The molecule has 1 aromatic heterocycles. The fraction of sp³-hybridized carbons (Fsp3) is 0.167. The van der Waals surface area contributed by atoms with E-state index in [-0.39, 0.29) is 39.7 Å². The minimum absolute atomic E-state index is 0.0419. The number of methoxy groups -OCH3 is 1. The topological polar surface area (TPSA) is 109 Å². The number of halogens is 1. The molecule has 7 nitrogen and oxygen atoms in total. The highest BCUT2D eigenvalue weighted by Gasteiger charge is 2.21. The number of fused-ring (bicyclic) bond motifs is 1. The maximum Gasteiger partial charge on any atom is 0.239 e. The predicted molar refractivity (Wildman–Crippen MR) is 98.8 cm³/mol. The third kappa shape index (κ3) is 3.15. The minimum Gasteiger partial charge on any atom is -0.507 e. The number of hydrogen-bond donors (Lipinski definition) is 3. The molecule has 0 spiro atoms. The lowest BCUT2D eigenvalue weighted by Crippen LogP contribution is -2.08. The van der Waals surface area contributed by atoms with E-state index in [0.717, 1.165) is 0 Å². The van der Waals surface area contributed by atoms with Gasteiger partial charge in [0.25, 0.3) is 0 Å². The molecule has 1 heterocycles. The van der Waals surface area contributed by atoms with Crippen molar-refractivity contribution in [3.8, 4) is 40.1 Å². The van der Waals surface area contributed by atoms with E-state index in [1.807, 2.05) is 0 Å². The van der Waals surface area contributed by atoms with E-state index in [1.165, 1.54) is 37.4 Å². The Labute approximate surface area is 156 Å². The lowest BCUT2D eigenvalue weighted by Gasteiger charge is -2.12. The average Bonchev–Trinajstić information content (AvgIpc) is 2.61. The van der Waals surface area contributed by atoms with Crippen molar-refractivity contribution in [2.24, 2.45) is 0 Å². The molecule has 0 saturated carbocycles. The van der Waals surface area contributed by atoms with Crippen LogP contribution in [0.5, 0.6) is 28.7 Å². The Kier molecular flexibility index (Phi) is 4.94. The molecule has 0 fully saturated rings. The molecule has 3 N–H and O–H groups in total. The summed E-state index contributed by atoms with van der Waals surface area (Å²) in [6.07, 6.45) is 0. The Morgan fingerprint density at radius 1 is 1.08 bits per heavy atom. The Morgan fingerprint density at radius 2 is 1.85 bits per heavy atom. The van der Waals surface area contributed by atoms with Crippen molar-refractivity contribution in [2.75, 3.05) is 19.0 Å². The van der Waals surface area contributed by atoms with Crippen molar-refractivity contribution >= 4 is 26.9 Å². The van der Waals surface area contributed by atoms with Gasteiger partial charge in [0.2, 0.25) is 11.2 Å². The van der Waals surface area contributed by atoms with Gasteiger partial charge in [0.1, 0.15) is 22.5 Å². The summed E-state index contributed by atoms with van der Waals surface area (Å²) in [5, 5.41) is 30.0. The van der Waals surface area contributed by atoms with Crippen LogP contribution in [0.1, 0.15) is 0 Å².